The Bertz CT molecular complexity index is 675. The summed E-state index contributed by atoms with van der Waals surface area (Å²) < 4.78 is 4.88. The number of ether oxygens (including phenoxy) is 1. The standard InChI is InChI=1S/C21H29N3O3/c1-27-21(26)24-9-5-4-8-19(24)20(25)23-12-10-22(11-13-23)18-14-16-6-2-3-7-17(16)15-18/h2-3,6-7,18-19H,4-5,8-15H2,1H3/t19-/m1/s1. The molecule has 4 rings (SSSR count). The molecule has 1 atom stereocenters. The lowest BCUT2D eigenvalue weighted by Gasteiger charge is -2.41. The topological polar surface area (TPSA) is 53.1 Å². The van der Waals surface area contributed by atoms with Gasteiger partial charge in [0.15, 0.2) is 0 Å². The van der Waals surface area contributed by atoms with E-state index in [0.717, 1.165) is 58.3 Å². The van der Waals surface area contributed by atoms with E-state index < -0.39 is 0 Å². The first kappa shape index (κ1) is 18.3. The Kier molecular flexibility index (Phi) is 5.34. The maximum atomic E-state index is 13.0. The van der Waals surface area contributed by atoms with E-state index in [1.54, 1.807) is 4.90 Å². The third kappa shape index (κ3) is 3.68. The number of piperazine rings is 1. The van der Waals surface area contributed by atoms with Crippen LogP contribution in [0.3, 0.4) is 0 Å². The van der Waals surface area contributed by atoms with E-state index in [0.29, 0.717) is 12.6 Å². The number of nitrogens with zero attached hydrogens (tertiary/aromatic N) is 3. The summed E-state index contributed by atoms with van der Waals surface area (Å²) in [6.45, 7) is 3.93. The first-order valence-corrected chi connectivity index (χ1v) is 10.1. The largest absolute Gasteiger partial charge is 0.453 e. The highest BCUT2D eigenvalue weighted by atomic mass is 16.5. The summed E-state index contributed by atoms with van der Waals surface area (Å²) in [7, 11) is 1.39. The van der Waals surface area contributed by atoms with E-state index in [1.807, 2.05) is 4.90 Å². The second-order valence-corrected chi connectivity index (χ2v) is 7.87. The van der Waals surface area contributed by atoms with Crippen molar-refractivity contribution in [1.82, 2.24) is 14.7 Å². The van der Waals surface area contributed by atoms with E-state index in [-0.39, 0.29) is 18.0 Å². The minimum atomic E-state index is -0.379. The lowest BCUT2D eigenvalue weighted by Crippen LogP contribution is -2.58. The normalized spacial score (nSPS) is 24.0. The number of carbonyl (C=O) groups excluding carboxylic acids is 2. The van der Waals surface area contributed by atoms with Gasteiger partial charge in [-0.1, -0.05) is 24.3 Å². The van der Waals surface area contributed by atoms with E-state index in [9.17, 15) is 9.59 Å². The molecule has 27 heavy (non-hydrogen) atoms. The fraction of sp³-hybridized carbons (Fsp3) is 0.619. The maximum Gasteiger partial charge on any atom is 0.410 e. The molecular formula is C21H29N3O3. The highest BCUT2D eigenvalue weighted by Gasteiger charge is 2.37. The highest BCUT2D eigenvalue weighted by Crippen LogP contribution is 2.27. The lowest BCUT2D eigenvalue weighted by atomic mass is 10.0. The number of fused-ring (bicyclic) bond motifs is 1. The van der Waals surface area contributed by atoms with Gasteiger partial charge in [-0.3, -0.25) is 14.6 Å². The van der Waals surface area contributed by atoms with Crippen molar-refractivity contribution in [3.8, 4) is 0 Å². The van der Waals surface area contributed by atoms with Crippen molar-refractivity contribution < 1.29 is 14.3 Å². The number of benzene rings is 1. The number of hydrogen-bond acceptors (Lipinski definition) is 4. The van der Waals surface area contributed by atoms with Gasteiger partial charge in [-0.15, -0.1) is 0 Å². The van der Waals surface area contributed by atoms with Crippen molar-refractivity contribution in [3.63, 3.8) is 0 Å². The number of likely N-dealkylation sites (tertiary alicyclic amines) is 1. The molecule has 2 fully saturated rings. The Labute approximate surface area is 161 Å². The molecule has 2 saturated heterocycles. The molecule has 0 spiro atoms. The first-order valence-electron chi connectivity index (χ1n) is 10.1. The van der Waals surface area contributed by atoms with Crippen molar-refractivity contribution in [2.45, 2.75) is 44.2 Å². The Hall–Kier alpha value is -2.08. The fourth-order valence-electron chi connectivity index (χ4n) is 4.84. The Morgan fingerprint density at radius 1 is 0.963 bits per heavy atom. The first-order chi connectivity index (χ1) is 13.2. The molecule has 1 aliphatic carbocycles. The number of methoxy groups -OCH3 is 1. The van der Waals surface area contributed by atoms with Crippen molar-refractivity contribution in [2.24, 2.45) is 0 Å². The van der Waals surface area contributed by atoms with Crippen molar-refractivity contribution in [3.05, 3.63) is 35.4 Å². The van der Waals surface area contributed by atoms with E-state index in [4.69, 9.17) is 4.74 Å². The molecule has 0 bridgehead atoms. The number of rotatable bonds is 2. The molecule has 0 unspecified atom stereocenters. The van der Waals surface area contributed by atoms with Crippen molar-refractivity contribution in [2.75, 3.05) is 39.8 Å². The van der Waals surface area contributed by atoms with Crippen LogP contribution in [0.4, 0.5) is 4.79 Å². The van der Waals surface area contributed by atoms with Crippen LogP contribution in [0, 0.1) is 0 Å². The Morgan fingerprint density at radius 2 is 1.63 bits per heavy atom. The zero-order valence-electron chi connectivity index (χ0n) is 16.1. The second kappa shape index (κ2) is 7.89. The van der Waals surface area contributed by atoms with Gasteiger partial charge >= 0.3 is 6.09 Å². The van der Waals surface area contributed by atoms with Crippen LogP contribution >= 0.6 is 0 Å². The second-order valence-electron chi connectivity index (χ2n) is 7.87. The average Bonchev–Trinajstić information content (AvgIpc) is 3.17. The van der Waals surface area contributed by atoms with Gasteiger partial charge in [0.25, 0.3) is 0 Å². The van der Waals surface area contributed by atoms with Gasteiger partial charge in [-0.05, 0) is 43.2 Å². The number of piperidine rings is 1. The third-order valence-electron chi connectivity index (χ3n) is 6.37. The van der Waals surface area contributed by atoms with Crippen LogP contribution in [-0.2, 0) is 22.4 Å². The van der Waals surface area contributed by atoms with Crippen LogP contribution in [0.1, 0.15) is 30.4 Å². The van der Waals surface area contributed by atoms with Gasteiger partial charge in [-0.25, -0.2) is 4.79 Å². The monoisotopic (exact) mass is 371 g/mol. The summed E-state index contributed by atoms with van der Waals surface area (Å²) in [5, 5.41) is 0. The van der Waals surface area contributed by atoms with Gasteiger partial charge < -0.3 is 9.64 Å². The molecule has 0 saturated carbocycles. The molecule has 2 heterocycles. The SMILES string of the molecule is COC(=O)N1CCCC[C@@H]1C(=O)N1CCN(C2Cc3ccccc3C2)CC1. The number of hydrogen-bond donors (Lipinski definition) is 0. The fourth-order valence-corrected chi connectivity index (χ4v) is 4.84. The average molecular weight is 371 g/mol. The summed E-state index contributed by atoms with van der Waals surface area (Å²) >= 11 is 0. The van der Waals surface area contributed by atoms with Crippen LogP contribution < -0.4 is 0 Å². The molecular weight excluding hydrogens is 342 g/mol. The van der Waals surface area contributed by atoms with Gasteiger partial charge in [-0.2, -0.15) is 0 Å². The zero-order valence-corrected chi connectivity index (χ0v) is 16.1. The van der Waals surface area contributed by atoms with E-state index in [1.165, 1.54) is 18.2 Å². The van der Waals surface area contributed by atoms with Gasteiger partial charge in [0.2, 0.25) is 5.91 Å². The molecule has 1 aromatic rings. The summed E-state index contributed by atoms with van der Waals surface area (Å²) in [4.78, 5) is 31.2. The Balaban J connectivity index is 1.34. The van der Waals surface area contributed by atoms with Crippen LogP contribution in [-0.4, -0.2) is 78.6 Å². The quantitative estimate of drug-likeness (QED) is 0.797. The molecule has 3 aliphatic rings. The van der Waals surface area contributed by atoms with Crippen LogP contribution in [0.5, 0.6) is 0 Å². The number of amides is 2. The lowest BCUT2D eigenvalue weighted by molar-refractivity contribution is -0.139. The van der Waals surface area contributed by atoms with Gasteiger partial charge in [0.1, 0.15) is 6.04 Å². The molecule has 0 N–H and O–H groups in total. The van der Waals surface area contributed by atoms with Crippen molar-refractivity contribution in [1.29, 1.82) is 0 Å². The molecule has 6 nitrogen and oxygen atoms in total. The van der Waals surface area contributed by atoms with Crippen LogP contribution in [0.15, 0.2) is 24.3 Å². The molecule has 1 aromatic carbocycles. The molecule has 2 aliphatic heterocycles. The van der Waals surface area contributed by atoms with Crippen LogP contribution in [0.25, 0.3) is 0 Å². The minimum Gasteiger partial charge on any atom is -0.453 e. The summed E-state index contributed by atoms with van der Waals surface area (Å²) in [6, 6.07) is 8.91. The summed E-state index contributed by atoms with van der Waals surface area (Å²) in [6.07, 6.45) is 4.52. The van der Waals surface area contributed by atoms with E-state index in [2.05, 4.69) is 29.2 Å². The Morgan fingerprint density at radius 3 is 2.26 bits per heavy atom. The predicted octanol–water partition coefficient (Wildman–Crippen LogP) is 1.92. The van der Waals surface area contributed by atoms with Gasteiger partial charge in [0, 0.05) is 38.8 Å². The maximum absolute atomic E-state index is 13.0. The van der Waals surface area contributed by atoms with Crippen LogP contribution in [0.2, 0.25) is 0 Å². The highest BCUT2D eigenvalue weighted by molar-refractivity contribution is 5.86. The summed E-state index contributed by atoms with van der Waals surface area (Å²) in [5.74, 6) is 0.0921. The molecule has 0 radical (unpaired) electrons. The molecule has 0 aromatic heterocycles. The molecule has 6 heteroatoms. The molecule has 146 valence electrons. The molecule has 2 amide bonds. The third-order valence-corrected chi connectivity index (χ3v) is 6.37. The number of carbonyl (C=O) groups is 2. The minimum absolute atomic E-state index is 0.0921. The van der Waals surface area contributed by atoms with Gasteiger partial charge in [0.05, 0.1) is 7.11 Å². The zero-order chi connectivity index (χ0) is 18.8. The summed E-state index contributed by atoms with van der Waals surface area (Å²) in [5.41, 5.74) is 2.94. The van der Waals surface area contributed by atoms with E-state index >= 15 is 0 Å². The predicted molar refractivity (Wildman–Crippen MR) is 103 cm³/mol. The smallest absolute Gasteiger partial charge is 0.410 e. The van der Waals surface area contributed by atoms with Crippen molar-refractivity contribution >= 4 is 12.0 Å².